The number of hydrogen-bond donors (Lipinski definition) is 1. The summed E-state index contributed by atoms with van der Waals surface area (Å²) in [4.78, 5) is 2.57. The molecule has 1 fully saturated rings. The topological polar surface area (TPSA) is 29.3 Å². The first-order valence-electron chi connectivity index (χ1n) is 6.50. The zero-order chi connectivity index (χ0) is 11.5. The largest absolute Gasteiger partial charge is 0.326 e. The predicted molar refractivity (Wildman–Crippen MR) is 66.9 cm³/mol. The average Bonchev–Trinajstić information content (AvgIpc) is 2.70. The number of hydrogen-bond acceptors (Lipinski definition) is 2. The summed E-state index contributed by atoms with van der Waals surface area (Å²) in [5.74, 6) is 0.630. The van der Waals surface area contributed by atoms with Gasteiger partial charge in [-0.25, -0.2) is 0 Å². The van der Waals surface area contributed by atoms with E-state index in [1.807, 2.05) is 0 Å². The van der Waals surface area contributed by atoms with Crippen LogP contribution in [-0.2, 0) is 0 Å². The Morgan fingerprint density at radius 3 is 2.27 bits per heavy atom. The zero-order valence-corrected chi connectivity index (χ0v) is 10.9. The van der Waals surface area contributed by atoms with E-state index in [0.717, 1.165) is 0 Å². The van der Waals surface area contributed by atoms with Crippen LogP contribution in [0, 0.1) is 5.92 Å². The monoisotopic (exact) mass is 212 g/mol. The van der Waals surface area contributed by atoms with Crippen molar-refractivity contribution in [1.29, 1.82) is 0 Å². The van der Waals surface area contributed by atoms with Crippen LogP contribution in [0.5, 0.6) is 0 Å². The molecule has 2 N–H and O–H groups in total. The molecule has 0 aromatic rings. The molecule has 0 aromatic heterocycles. The molecule has 2 unspecified atom stereocenters. The van der Waals surface area contributed by atoms with Gasteiger partial charge in [-0.05, 0) is 52.1 Å². The molecule has 1 saturated heterocycles. The van der Waals surface area contributed by atoms with Crippen LogP contribution in [0.3, 0.4) is 0 Å². The maximum absolute atomic E-state index is 6.42. The van der Waals surface area contributed by atoms with Gasteiger partial charge in [0.05, 0.1) is 0 Å². The van der Waals surface area contributed by atoms with Gasteiger partial charge in [-0.1, -0.05) is 20.3 Å². The maximum atomic E-state index is 6.42. The molecule has 90 valence electrons. The molecule has 1 aliphatic heterocycles. The van der Waals surface area contributed by atoms with E-state index in [0.29, 0.717) is 12.0 Å². The van der Waals surface area contributed by atoms with Crippen molar-refractivity contribution in [3.63, 3.8) is 0 Å². The van der Waals surface area contributed by atoms with Gasteiger partial charge in [0.2, 0.25) is 0 Å². The molecule has 0 radical (unpaired) electrons. The first-order chi connectivity index (χ1) is 7.00. The highest BCUT2D eigenvalue weighted by molar-refractivity contribution is 4.95. The molecule has 1 aliphatic rings. The van der Waals surface area contributed by atoms with Crippen molar-refractivity contribution in [1.82, 2.24) is 4.90 Å². The lowest BCUT2D eigenvalue weighted by atomic mass is 9.82. The fourth-order valence-corrected chi connectivity index (χ4v) is 2.84. The summed E-state index contributed by atoms with van der Waals surface area (Å²) in [6, 6.07) is 0.301. The molecule has 0 amide bonds. The molecule has 2 heteroatoms. The Kier molecular flexibility index (Phi) is 4.60. The van der Waals surface area contributed by atoms with Crippen LogP contribution in [0.4, 0.5) is 0 Å². The summed E-state index contributed by atoms with van der Waals surface area (Å²) in [6.45, 7) is 11.6. The molecule has 0 aliphatic carbocycles. The molecule has 0 spiro atoms. The number of rotatable bonds is 5. The molecule has 15 heavy (non-hydrogen) atoms. The summed E-state index contributed by atoms with van der Waals surface area (Å²) in [5, 5.41) is 0. The van der Waals surface area contributed by atoms with Crippen LogP contribution < -0.4 is 5.73 Å². The molecular weight excluding hydrogens is 184 g/mol. The summed E-state index contributed by atoms with van der Waals surface area (Å²) in [5.41, 5.74) is 6.59. The van der Waals surface area contributed by atoms with E-state index in [9.17, 15) is 0 Å². The second kappa shape index (κ2) is 5.31. The van der Waals surface area contributed by atoms with Gasteiger partial charge in [0.25, 0.3) is 0 Å². The van der Waals surface area contributed by atoms with Crippen molar-refractivity contribution >= 4 is 0 Å². The molecule has 0 aromatic carbocycles. The maximum Gasteiger partial charge on any atom is 0.0306 e. The third-order valence-electron chi connectivity index (χ3n) is 4.09. The minimum absolute atomic E-state index is 0.172. The second-order valence-electron chi connectivity index (χ2n) is 5.64. The Balaban J connectivity index is 2.57. The lowest BCUT2D eigenvalue weighted by Crippen LogP contribution is -2.57. The summed E-state index contributed by atoms with van der Waals surface area (Å²) < 4.78 is 0. The van der Waals surface area contributed by atoms with Crippen LogP contribution in [0.2, 0.25) is 0 Å². The molecule has 2 nitrogen and oxygen atoms in total. The van der Waals surface area contributed by atoms with E-state index < -0.39 is 0 Å². The zero-order valence-electron chi connectivity index (χ0n) is 10.9. The first kappa shape index (κ1) is 13.0. The highest BCUT2D eigenvalue weighted by atomic mass is 15.2. The fraction of sp³-hybridized carbons (Fsp3) is 1.00. The van der Waals surface area contributed by atoms with Crippen LogP contribution in [0.25, 0.3) is 0 Å². The van der Waals surface area contributed by atoms with Gasteiger partial charge in [-0.15, -0.1) is 0 Å². The van der Waals surface area contributed by atoms with E-state index in [1.54, 1.807) is 0 Å². The van der Waals surface area contributed by atoms with E-state index in [1.165, 1.54) is 38.8 Å². The Morgan fingerprint density at radius 1 is 1.27 bits per heavy atom. The Labute approximate surface area is 95.2 Å². The van der Waals surface area contributed by atoms with E-state index in [-0.39, 0.29) is 5.54 Å². The van der Waals surface area contributed by atoms with Crippen molar-refractivity contribution in [2.75, 3.05) is 13.1 Å². The first-order valence-corrected chi connectivity index (χ1v) is 6.50. The van der Waals surface area contributed by atoms with Gasteiger partial charge in [0.1, 0.15) is 0 Å². The number of nitrogens with two attached hydrogens (primary N) is 1. The average molecular weight is 212 g/mol. The van der Waals surface area contributed by atoms with E-state index in [2.05, 4.69) is 32.6 Å². The number of likely N-dealkylation sites (tertiary alicyclic amines) is 1. The van der Waals surface area contributed by atoms with Crippen LogP contribution in [0.1, 0.15) is 53.4 Å². The van der Waals surface area contributed by atoms with Crippen molar-refractivity contribution in [3.8, 4) is 0 Å². The minimum atomic E-state index is 0.172. The van der Waals surface area contributed by atoms with Crippen molar-refractivity contribution in [2.45, 2.75) is 65.0 Å². The normalized spacial score (nSPS) is 23.0. The third-order valence-corrected chi connectivity index (χ3v) is 4.09. The van der Waals surface area contributed by atoms with Gasteiger partial charge in [-0.2, -0.15) is 0 Å². The van der Waals surface area contributed by atoms with Crippen LogP contribution >= 0.6 is 0 Å². The standard InChI is InChI=1S/C13H28N2/c1-5-8-11(2)12(14)13(3,4)15-9-6-7-10-15/h11-12H,5-10,14H2,1-4H3. The minimum Gasteiger partial charge on any atom is -0.326 e. The molecular formula is C13H28N2. The smallest absolute Gasteiger partial charge is 0.0306 e. The second-order valence-corrected chi connectivity index (χ2v) is 5.64. The van der Waals surface area contributed by atoms with Crippen molar-refractivity contribution in [3.05, 3.63) is 0 Å². The SMILES string of the molecule is CCCC(C)C(N)C(C)(C)N1CCCC1. The Hall–Kier alpha value is -0.0800. The van der Waals surface area contributed by atoms with Gasteiger partial charge >= 0.3 is 0 Å². The van der Waals surface area contributed by atoms with E-state index in [4.69, 9.17) is 5.73 Å². The van der Waals surface area contributed by atoms with Gasteiger partial charge in [0.15, 0.2) is 0 Å². The number of nitrogens with zero attached hydrogens (tertiary/aromatic N) is 1. The molecule has 0 bridgehead atoms. The van der Waals surface area contributed by atoms with Crippen molar-refractivity contribution in [2.24, 2.45) is 11.7 Å². The van der Waals surface area contributed by atoms with Crippen molar-refractivity contribution < 1.29 is 0 Å². The van der Waals surface area contributed by atoms with Gasteiger partial charge in [-0.3, -0.25) is 4.90 Å². The highest BCUT2D eigenvalue weighted by Crippen LogP contribution is 2.28. The summed E-state index contributed by atoms with van der Waals surface area (Å²) in [7, 11) is 0. The Bertz CT molecular complexity index is 183. The summed E-state index contributed by atoms with van der Waals surface area (Å²) in [6.07, 6.45) is 5.18. The Morgan fingerprint density at radius 2 is 1.80 bits per heavy atom. The highest BCUT2D eigenvalue weighted by Gasteiger charge is 2.36. The molecule has 2 atom stereocenters. The summed E-state index contributed by atoms with van der Waals surface area (Å²) >= 11 is 0. The lowest BCUT2D eigenvalue weighted by Gasteiger charge is -2.43. The molecule has 0 saturated carbocycles. The van der Waals surface area contributed by atoms with Gasteiger partial charge < -0.3 is 5.73 Å². The van der Waals surface area contributed by atoms with Crippen LogP contribution in [0.15, 0.2) is 0 Å². The molecule has 1 rings (SSSR count). The quantitative estimate of drug-likeness (QED) is 0.759. The van der Waals surface area contributed by atoms with E-state index >= 15 is 0 Å². The third kappa shape index (κ3) is 2.94. The molecule has 1 heterocycles. The lowest BCUT2D eigenvalue weighted by molar-refractivity contribution is 0.0981. The predicted octanol–water partition coefficient (Wildman–Crippen LogP) is 2.62. The van der Waals surface area contributed by atoms with Crippen LogP contribution in [-0.4, -0.2) is 29.6 Å². The fourth-order valence-electron chi connectivity index (χ4n) is 2.84. The van der Waals surface area contributed by atoms with Gasteiger partial charge in [0, 0.05) is 11.6 Å².